The van der Waals surface area contributed by atoms with Crippen LogP contribution in [0.1, 0.15) is 52.7 Å². The normalized spacial score (nSPS) is 12.1. The van der Waals surface area contributed by atoms with Crippen molar-refractivity contribution in [3.63, 3.8) is 0 Å². The summed E-state index contributed by atoms with van der Waals surface area (Å²) in [7, 11) is 0. The average molecular weight is 868 g/mol. The number of rotatable bonds is 7. The van der Waals surface area contributed by atoms with E-state index < -0.39 is 0 Å². The molecule has 0 N–H and O–H groups in total. The van der Waals surface area contributed by atoms with E-state index in [1.54, 1.807) is 0 Å². The molecule has 11 aromatic rings. The van der Waals surface area contributed by atoms with Gasteiger partial charge in [-0.2, -0.15) is 0 Å². The Morgan fingerprint density at radius 1 is 0.318 bits per heavy atom. The van der Waals surface area contributed by atoms with E-state index in [2.05, 4.69) is 259 Å². The molecule has 2 heteroatoms. The van der Waals surface area contributed by atoms with Gasteiger partial charge in [0, 0.05) is 36.9 Å². The first-order valence-corrected chi connectivity index (χ1v) is 24.0. The maximum absolute atomic E-state index is 2.55. The smallest absolute Gasteiger partial charge is 0.0540 e. The van der Waals surface area contributed by atoms with Gasteiger partial charge >= 0.3 is 0 Å². The molecular weight excluding hydrogens is 815 g/mol. The number of nitrogens with zero attached hydrogens (tertiary/aromatic N) is 1. The predicted molar refractivity (Wildman–Crippen MR) is 288 cm³/mol. The Hall–Kier alpha value is -7.26. The standard InChI is InChI=1S/C64H53NS/c1-63(2,3)45-39-44(40-46(41-45)64(4,5)6)48-30-18-23-43-24-19-32-53(61(43)48)51-27-10-14-35-57(51)65(56-34-13-9-26-50(56)49-31-17-22-42-21-7-8-25-47(42)49)58-36-15-11-28-52(58)54-33-20-38-60-62(54)55-29-12-16-37-59(55)66-60/h7-41H,1-6H3. The molecule has 0 saturated heterocycles. The highest BCUT2D eigenvalue weighted by Gasteiger charge is 2.27. The zero-order valence-corrected chi connectivity index (χ0v) is 39.4. The quantitative estimate of drug-likeness (QED) is 0.154. The van der Waals surface area contributed by atoms with Gasteiger partial charge in [0.05, 0.1) is 17.1 Å². The third-order valence-corrected chi connectivity index (χ3v) is 14.5. The summed E-state index contributed by atoms with van der Waals surface area (Å²) in [5.74, 6) is 0. The lowest BCUT2D eigenvalue weighted by Crippen LogP contribution is -2.16. The molecule has 0 fully saturated rings. The molecule has 1 heterocycles. The lowest BCUT2D eigenvalue weighted by molar-refractivity contribution is 0.569. The molecule has 10 aromatic carbocycles. The first kappa shape index (κ1) is 41.4. The van der Waals surface area contributed by atoms with Crippen LogP contribution in [0, 0.1) is 0 Å². The Balaban J connectivity index is 1.22. The van der Waals surface area contributed by atoms with Crippen molar-refractivity contribution in [1.82, 2.24) is 0 Å². The Labute approximate surface area is 393 Å². The largest absolute Gasteiger partial charge is 0.309 e. The van der Waals surface area contributed by atoms with Crippen LogP contribution in [-0.2, 0) is 10.8 Å². The lowest BCUT2D eigenvalue weighted by atomic mass is 9.78. The van der Waals surface area contributed by atoms with Gasteiger partial charge < -0.3 is 4.90 Å². The van der Waals surface area contributed by atoms with Crippen molar-refractivity contribution in [1.29, 1.82) is 0 Å². The van der Waals surface area contributed by atoms with Crippen LogP contribution in [0.2, 0.25) is 0 Å². The first-order valence-electron chi connectivity index (χ1n) is 23.2. The molecule has 0 aliphatic rings. The second-order valence-electron chi connectivity index (χ2n) is 19.7. The second kappa shape index (κ2) is 16.3. The van der Waals surface area contributed by atoms with Crippen molar-refractivity contribution in [2.24, 2.45) is 0 Å². The molecule has 1 aromatic heterocycles. The maximum Gasteiger partial charge on any atom is 0.0540 e. The highest BCUT2D eigenvalue weighted by atomic mass is 32.1. The number of hydrogen-bond acceptors (Lipinski definition) is 2. The van der Waals surface area contributed by atoms with E-state index in [0.717, 1.165) is 17.1 Å². The summed E-state index contributed by atoms with van der Waals surface area (Å²) in [5.41, 5.74) is 15.7. The molecule has 11 rings (SSSR count). The van der Waals surface area contributed by atoms with Crippen LogP contribution in [0.15, 0.2) is 212 Å². The van der Waals surface area contributed by atoms with Crippen LogP contribution in [-0.4, -0.2) is 0 Å². The molecule has 0 radical (unpaired) electrons. The molecule has 1 nitrogen and oxygen atoms in total. The van der Waals surface area contributed by atoms with E-state index in [0.29, 0.717) is 0 Å². The summed E-state index contributed by atoms with van der Waals surface area (Å²) in [6, 6.07) is 79.2. The minimum absolute atomic E-state index is 0.0129. The van der Waals surface area contributed by atoms with Gasteiger partial charge in [0.2, 0.25) is 0 Å². The lowest BCUT2D eigenvalue weighted by Gasteiger charge is -2.32. The van der Waals surface area contributed by atoms with Gasteiger partial charge in [-0.15, -0.1) is 11.3 Å². The molecule has 320 valence electrons. The fraction of sp³-hybridized carbons (Fsp3) is 0.125. The van der Waals surface area contributed by atoms with E-state index in [4.69, 9.17) is 0 Å². The molecule has 0 atom stereocenters. The third kappa shape index (κ3) is 7.27. The first-order chi connectivity index (χ1) is 32.0. The van der Waals surface area contributed by atoms with Crippen LogP contribution in [0.25, 0.3) is 86.2 Å². The van der Waals surface area contributed by atoms with Crippen molar-refractivity contribution < 1.29 is 0 Å². The monoisotopic (exact) mass is 867 g/mol. The zero-order chi connectivity index (χ0) is 45.2. The fourth-order valence-electron chi connectivity index (χ4n) is 9.99. The molecule has 66 heavy (non-hydrogen) atoms. The highest BCUT2D eigenvalue weighted by molar-refractivity contribution is 7.25. The van der Waals surface area contributed by atoms with E-state index in [9.17, 15) is 0 Å². The summed E-state index contributed by atoms with van der Waals surface area (Å²) >= 11 is 1.87. The van der Waals surface area contributed by atoms with Crippen LogP contribution in [0.4, 0.5) is 17.1 Å². The summed E-state index contributed by atoms with van der Waals surface area (Å²) in [4.78, 5) is 2.55. The Kier molecular flexibility index (Phi) is 10.2. The maximum atomic E-state index is 2.55. The minimum Gasteiger partial charge on any atom is -0.309 e. The van der Waals surface area contributed by atoms with Gasteiger partial charge in [0.25, 0.3) is 0 Å². The molecule has 0 bridgehead atoms. The number of para-hydroxylation sites is 3. The molecule has 0 aliphatic carbocycles. The summed E-state index contributed by atoms with van der Waals surface area (Å²) < 4.78 is 2.59. The summed E-state index contributed by atoms with van der Waals surface area (Å²) in [5, 5.41) is 7.52. The average Bonchev–Trinajstić information content (AvgIpc) is 3.73. The summed E-state index contributed by atoms with van der Waals surface area (Å²) in [6.45, 7) is 14.0. The number of thiophene rings is 1. The third-order valence-electron chi connectivity index (χ3n) is 13.4. The predicted octanol–water partition coefficient (Wildman–Crippen LogP) is 19.1. The molecule has 0 saturated carbocycles. The number of anilines is 3. The second-order valence-corrected chi connectivity index (χ2v) is 20.8. The van der Waals surface area contributed by atoms with Crippen LogP contribution in [0.3, 0.4) is 0 Å². The van der Waals surface area contributed by atoms with E-state index in [1.165, 1.54) is 97.4 Å². The van der Waals surface area contributed by atoms with E-state index in [-0.39, 0.29) is 10.8 Å². The molecule has 0 unspecified atom stereocenters. The van der Waals surface area contributed by atoms with Crippen molar-refractivity contribution in [2.75, 3.05) is 4.90 Å². The van der Waals surface area contributed by atoms with Crippen molar-refractivity contribution in [3.05, 3.63) is 223 Å². The Morgan fingerprint density at radius 3 is 1.33 bits per heavy atom. The van der Waals surface area contributed by atoms with Crippen molar-refractivity contribution >= 4 is 70.1 Å². The Bertz CT molecular complexity index is 3590. The van der Waals surface area contributed by atoms with Crippen LogP contribution >= 0.6 is 11.3 Å². The van der Waals surface area contributed by atoms with Crippen molar-refractivity contribution in [2.45, 2.75) is 52.4 Å². The zero-order valence-electron chi connectivity index (χ0n) is 38.6. The molecule has 0 spiro atoms. The van der Waals surface area contributed by atoms with Crippen molar-refractivity contribution in [3.8, 4) is 44.5 Å². The molecular formula is C64H53NS. The van der Waals surface area contributed by atoms with Crippen LogP contribution < -0.4 is 4.90 Å². The van der Waals surface area contributed by atoms with Gasteiger partial charge in [-0.05, 0) is 102 Å². The molecule has 0 amide bonds. The van der Waals surface area contributed by atoms with Crippen LogP contribution in [0.5, 0.6) is 0 Å². The fourth-order valence-corrected chi connectivity index (χ4v) is 11.1. The van der Waals surface area contributed by atoms with Gasteiger partial charge in [0.15, 0.2) is 0 Å². The van der Waals surface area contributed by atoms with Gasteiger partial charge in [-0.25, -0.2) is 0 Å². The number of benzene rings is 10. The number of hydrogen-bond donors (Lipinski definition) is 0. The van der Waals surface area contributed by atoms with E-state index in [1.807, 2.05) is 11.3 Å². The topological polar surface area (TPSA) is 3.24 Å². The van der Waals surface area contributed by atoms with E-state index >= 15 is 0 Å². The van der Waals surface area contributed by atoms with Gasteiger partial charge in [-0.1, -0.05) is 224 Å². The minimum atomic E-state index is -0.0129. The highest BCUT2D eigenvalue weighted by Crippen LogP contribution is 2.51. The summed E-state index contributed by atoms with van der Waals surface area (Å²) in [6.07, 6.45) is 0. The Morgan fingerprint density at radius 2 is 0.727 bits per heavy atom. The van der Waals surface area contributed by atoms with Gasteiger partial charge in [-0.3, -0.25) is 0 Å². The molecule has 0 aliphatic heterocycles. The number of fused-ring (bicyclic) bond motifs is 5. The SMILES string of the molecule is CC(C)(C)c1cc(-c2cccc3cccc(-c4ccccc4N(c4ccccc4-c4cccc5ccccc45)c4ccccc4-c4cccc5sc6ccccc6c45)c23)cc(C(C)(C)C)c1. The van der Waals surface area contributed by atoms with Gasteiger partial charge in [0.1, 0.15) is 0 Å².